The first kappa shape index (κ1) is 17.8. The molecule has 0 aliphatic rings. The smallest absolute Gasteiger partial charge is 0.276 e. The fourth-order valence-electron chi connectivity index (χ4n) is 1.66. The van der Waals surface area contributed by atoms with Gasteiger partial charge in [0.15, 0.2) is 6.61 Å². The van der Waals surface area contributed by atoms with Gasteiger partial charge in [-0.15, -0.1) is 0 Å². The van der Waals surface area contributed by atoms with E-state index in [1.165, 1.54) is 6.08 Å². The third-order valence-corrected chi connectivity index (χ3v) is 3.42. The summed E-state index contributed by atoms with van der Waals surface area (Å²) in [7, 11) is 0. The van der Waals surface area contributed by atoms with Gasteiger partial charge in [-0.2, -0.15) is 0 Å². The predicted molar refractivity (Wildman–Crippen MR) is 93.7 cm³/mol. The Hall–Kier alpha value is -2.50. The van der Waals surface area contributed by atoms with Crippen LogP contribution in [0.25, 0.3) is 6.08 Å². The Balaban J connectivity index is 1.74. The highest BCUT2D eigenvalue weighted by Gasteiger charge is 2.04. The number of carbonyl (C=O) groups excluding carboxylic acids is 2. The fourth-order valence-corrected chi connectivity index (χ4v) is 1.99. The van der Waals surface area contributed by atoms with E-state index in [0.29, 0.717) is 21.4 Å². The second-order valence-corrected chi connectivity index (χ2v) is 5.48. The minimum atomic E-state index is -0.496. The predicted octanol–water partition coefficient (Wildman–Crippen LogP) is 3.23. The number of benzene rings is 2. The van der Waals surface area contributed by atoms with Crippen LogP contribution in [-0.4, -0.2) is 18.4 Å². The highest BCUT2D eigenvalue weighted by atomic mass is 35.5. The van der Waals surface area contributed by atoms with E-state index in [-0.39, 0.29) is 6.61 Å². The number of hydrogen-bond donors (Lipinski definition) is 2. The highest BCUT2D eigenvalue weighted by Crippen LogP contribution is 2.16. The minimum absolute atomic E-state index is 0.240. The molecule has 0 atom stereocenters. The Labute approximate surface area is 149 Å². The number of carbonyl (C=O) groups is 2. The van der Waals surface area contributed by atoms with Crippen LogP contribution >= 0.6 is 23.2 Å². The monoisotopic (exact) mass is 364 g/mol. The Morgan fingerprint density at radius 2 is 1.71 bits per heavy atom. The molecule has 0 saturated heterocycles. The number of halogens is 2. The van der Waals surface area contributed by atoms with Crippen molar-refractivity contribution in [2.45, 2.75) is 0 Å². The molecule has 2 amide bonds. The number of amides is 2. The van der Waals surface area contributed by atoms with Gasteiger partial charge in [0.05, 0.1) is 0 Å². The molecule has 2 N–H and O–H groups in total. The average Bonchev–Trinajstić information content (AvgIpc) is 2.58. The normalized spacial score (nSPS) is 10.4. The second-order valence-electron chi connectivity index (χ2n) is 4.63. The van der Waals surface area contributed by atoms with Crippen LogP contribution in [0, 0.1) is 0 Å². The van der Waals surface area contributed by atoms with E-state index < -0.39 is 11.8 Å². The van der Waals surface area contributed by atoms with Crippen LogP contribution in [0.4, 0.5) is 0 Å². The lowest BCUT2D eigenvalue weighted by atomic mass is 10.2. The molecule has 124 valence electrons. The first-order chi connectivity index (χ1) is 11.5. The summed E-state index contributed by atoms with van der Waals surface area (Å²) in [6.45, 7) is -0.240. The van der Waals surface area contributed by atoms with Crippen molar-refractivity contribution in [3.8, 4) is 5.75 Å². The van der Waals surface area contributed by atoms with Crippen molar-refractivity contribution in [1.29, 1.82) is 0 Å². The Morgan fingerprint density at radius 3 is 2.42 bits per heavy atom. The zero-order chi connectivity index (χ0) is 17.4. The quantitative estimate of drug-likeness (QED) is 0.632. The van der Waals surface area contributed by atoms with Gasteiger partial charge < -0.3 is 4.74 Å². The summed E-state index contributed by atoms with van der Waals surface area (Å²) in [5.41, 5.74) is 5.19. The van der Waals surface area contributed by atoms with E-state index in [9.17, 15) is 9.59 Å². The molecule has 5 nitrogen and oxygen atoms in total. The molecule has 2 rings (SSSR count). The Morgan fingerprint density at radius 1 is 1.00 bits per heavy atom. The number of rotatable bonds is 5. The van der Waals surface area contributed by atoms with E-state index in [2.05, 4.69) is 10.9 Å². The Bertz CT molecular complexity index is 746. The molecule has 0 spiro atoms. The van der Waals surface area contributed by atoms with Gasteiger partial charge >= 0.3 is 0 Å². The topological polar surface area (TPSA) is 67.4 Å². The summed E-state index contributed by atoms with van der Waals surface area (Å²) in [4.78, 5) is 23.2. The number of hydrazine groups is 1. The van der Waals surface area contributed by atoms with Gasteiger partial charge in [-0.1, -0.05) is 41.4 Å². The van der Waals surface area contributed by atoms with Crippen molar-refractivity contribution in [1.82, 2.24) is 10.9 Å². The standard InChI is InChI=1S/C17H14Cl2N2O3/c18-13-6-8-14(9-7-13)24-11-17(23)21-20-16(22)10-5-12-3-1-2-4-15(12)19/h1-10H,11H2,(H,20,22)(H,21,23)/b10-5+. The maximum Gasteiger partial charge on any atom is 0.276 e. The van der Waals surface area contributed by atoms with E-state index in [4.69, 9.17) is 27.9 Å². The molecule has 0 unspecified atom stereocenters. The van der Waals surface area contributed by atoms with Crippen LogP contribution in [0.2, 0.25) is 10.0 Å². The van der Waals surface area contributed by atoms with Gasteiger partial charge in [0.1, 0.15) is 5.75 Å². The molecule has 0 aliphatic carbocycles. The molecule has 0 saturated carbocycles. The lowest BCUT2D eigenvalue weighted by Crippen LogP contribution is -2.43. The van der Waals surface area contributed by atoms with E-state index in [0.717, 1.165) is 0 Å². The van der Waals surface area contributed by atoms with Crippen molar-refractivity contribution < 1.29 is 14.3 Å². The molecule has 24 heavy (non-hydrogen) atoms. The summed E-state index contributed by atoms with van der Waals surface area (Å²) >= 11 is 11.7. The van der Waals surface area contributed by atoms with Gasteiger partial charge in [-0.3, -0.25) is 20.4 Å². The molecule has 0 heterocycles. The number of hydrogen-bond acceptors (Lipinski definition) is 3. The summed E-state index contributed by atoms with van der Waals surface area (Å²) < 4.78 is 5.24. The Kier molecular flexibility index (Phi) is 6.66. The first-order valence-electron chi connectivity index (χ1n) is 6.94. The van der Waals surface area contributed by atoms with Crippen LogP contribution in [-0.2, 0) is 9.59 Å². The lowest BCUT2D eigenvalue weighted by molar-refractivity contribution is -0.128. The van der Waals surface area contributed by atoms with Crippen molar-refractivity contribution >= 4 is 41.1 Å². The van der Waals surface area contributed by atoms with Crippen LogP contribution in [0.5, 0.6) is 5.75 Å². The van der Waals surface area contributed by atoms with Crippen molar-refractivity contribution in [2.75, 3.05) is 6.61 Å². The van der Waals surface area contributed by atoms with Gasteiger partial charge in [-0.25, -0.2) is 0 Å². The molecule has 2 aromatic rings. The summed E-state index contributed by atoms with van der Waals surface area (Å²) in [6.07, 6.45) is 2.82. The molecule has 7 heteroatoms. The molecule has 0 radical (unpaired) electrons. The van der Waals surface area contributed by atoms with Gasteiger partial charge in [0.2, 0.25) is 0 Å². The van der Waals surface area contributed by atoms with Gasteiger partial charge in [0, 0.05) is 16.1 Å². The largest absolute Gasteiger partial charge is 0.484 e. The molecule has 0 fully saturated rings. The first-order valence-corrected chi connectivity index (χ1v) is 7.70. The third kappa shape index (κ3) is 5.95. The molecule has 0 aliphatic heterocycles. The molecule has 0 bridgehead atoms. The summed E-state index contributed by atoms with van der Waals surface area (Å²) in [5, 5.41) is 1.10. The summed E-state index contributed by atoms with van der Waals surface area (Å²) in [6, 6.07) is 13.7. The maximum absolute atomic E-state index is 11.6. The number of nitrogens with one attached hydrogen (secondary N) is 2. The highest BCUT2D eigenvalue weighted by molar-refractivity contribution is 6.32. The zero-order valence-corrected chi connectivity index (χ0v) is 14.0. The minimum Gasteiger partial charge on any atom is -0.484 e. The fraction of sp³-hybridized carbons (Fsp3) is 0.0588. The lowest BCUT2D eigenvalue weighted by Gasteiger charge is -2.07. The van der Waals surface area contributed by atoms with Crippen LogP contribution < -0.4 is 15.6 Å². The van der Waals surface area contributed by atoms with Crippen LogP contribution in [0.15, 0.2) is 54.6 Å². The second kappa shape index (κ2) is 8.96. The van der Waals surface area contributed by atoms with E-state index >= 15 is 0 Å². The van der Waals surface area contributed by atoms with E-state index in [1.807, 2.05) is 0 Å². The van der Waals surface area contributed by atoms with Crippen molar-refractivity contribution in [2.24, 2.45) is 0 Å². The van der Waals surface area contributed by atoms with E-state index in [1.54, 1.807) is 54.6 Å². The van der Waals surface area contributed by atoms with Crippen LogP contribution in [0.1, 0.15) is 5.56 Å². The molecular formula is C17H14Cl2N2O3. The average molecular weight is 365 g/mol. The van der Waals surface area contributed by atoms with Gasteiger partial charge in [0.25, 0.3) is 11.8 Å². The third-order valence-electron chi connectivity index (χ3n) is 2.83. The van der Waals surface area contributed by atoms with Crippen molar-refractivity contribution in [3.63, 3.8) is 0 Å². The molecule has 2 aromatic carbocycles. The van der Waals surface area contributed by atoms with Crippen LogP contribution in [0.3, 0.4) is 0 Å². The van der Waals surface area contributed by atoms with Crippen molar-refractivity contribution in [3.05, 3.63) is 70.2 Å². The summed E-state index contributed by atoms with van der Waals surface area (Å²) in [5.74, 6) is -0.487. The SMILES string of the molecule is O=C(/C=C/c1ccccc1Cl)NNC(=O)COc1ccc(Cl)cc1. The maximum atomic E-state index is 11.6. The molecular weight excluding hydrogens is 351 g/mol. The number of ether oxygens (including phenoxy) is 1. The zero-order valence-electron chi connectivity index (χ0n) is 12.5. The van der Waals surface area contributed by atoms with Gasteiger partial charge in [-0.05, 0) is 42.0 Å². The molecule has 0 aromatic heterocycles.